The van der Waals surface area contributed by atoms with Gasteiger partial charge >= 0.3 is 6.01 Å². The van der Waals surface area contributed by atoms with Crippen molar-refractivity contribution in [2.75, 3.05) is 5.43 Å². The van der Waals surface area contributed by atoms with Crippen molar-refractivity contribution in [3.63, 3.8) is 0 Å². The number of para-hydroxylation sites is 2. The number of nitrogens with one attached hydrogen (secondary N) is 1. The van der Waals surface area contributed by atoms with E-state index in [-0.39, 0.29) is 5.78 Å². The number of ketones is 1. The van der Waals surface area contributed by atoms with Crippen LogP contribution in [0.25, 0.3) is 11.1 Å². The van der Waals surface area contributed by atoms with Crippen molar-refractivity contribution in [3.05, 3.63) is 24.3 Å². The normalized spacial score (nSPS) is 18.4. The summed E-state index contributed by atoms with van der Waals surface area (Å²) in [7, 11) is 0. The van der Waals surface area contributed by atoms with Crippen molar-refractivity contribution >= 4 is 28.6 Å². The number of anilines is 1. The van der Waals surface area contributed by atoms with Crippen LogP contribution in [0.4, 0.5) is 6.01 Å². The van der Waals surface area contributed by atoms with Gasteiger partial charge in [0.15, 0.2) is 5.58 Å². The van der Waals surface area contributed by atoms with E-state index in [0.717, 1.165) is 29.7 Å². The molecule has 5 nitrogen and oxygen atoms in total. The Hall–Kier alpha value is -2.17. The number of nitrogens with zero attached hydrogens (tertiary/aromatic N) is 2. The summed E-state index contributed by atoms with van der Waals surface area (Å²) in [6, 6.07) is 7.89. The minimum Gasteiger partial charge on any atom is -0.422 e. The summed E-state index contributed by atoms with van der Waals surface area (Å²) < 4.78 is 5.47. The van der Waals surface area contributed by atoms with Crippen LogP contribution in [-0.4, -0.2) is 16.5 Å². The number of Topliss-reactive ketones (excluding diaryl/α,β-unsaturated/α-hetero) is 1. The zero-order chi connectivity index (χ0) is 12.4. The van der Waals surface area contributed by atoms with E-state index in [4.69, 9.17) is 4.42 Å². The van der Waals surface area contributed by atoms with E-state index in [1.165, 1.54) is 0 Å². The molecule has 0 aliphatic heterocycles. The summed E-state index contributed by atoms with van der Waals surface area (Å²) >= 11 is 0. The first kappa shape index (κ1) is 11.0. The predicted octanol–water partition coefficient (Wildman–Crippen LogP) is 2.74. The smallest absolute Gasteiger partial charge is 0.316 e. The van der Waals surface area contributed by atoms with Crippen LogP contribution in [0, 0.1) is 0 Å². The van der Waals surface area contributed by atoms with Gasteiger partial charge < -0.3 is 4.42 Å². The fourth-order valence-electron chi connectivity index (χ4n) is 2.04. The first-order valence-corrected chi connectivity index (χ1v) is 6.00. The standard InChI is InChI=1S/C13H13N3O2/c17-10-5-3-4-9(8-10)15-16-13-14-11-6-1-2-7-12(11)18-13/h1-2,6-7H,3-5,8H2,(H,14,16). The summed E-state index contributed by atoms with van der Waals surface area (Å²) in [6.07, 6.45) is 2.85. The van der Waals surface area contributed by atoms with Crippen molar-refractivity contribution < 1.29 is 9.21 Å². The SMILES string of the molecule is O=C1CCCC(=NNc2nc3ccccc3o2)C1. The maximum Gasteiger partial charge on any atom is 0.316 e. The third-order valence-electron chi connectivity index (χ3n) is 2.93. The average Bonchev–Trinajstić information content (AvgIpc) is 2.79. The second-order valence-electron chi connectivity index (χ2n) is 4.35. The van der Waals surface area contributed by atoms with Crippen molar-refractivity contribution in [1.82, 2.24) is 4.98 Å². The highest BCUT2D eigenvalue weighted by molar-refractivity contribution is 6.04. The molecule has 1 aromatic carbocycles. The van der Waals surface area contributed by atoms with Crippen molar-refractivity contribution in [2.45, 2.75) is 25.7 Å². The average molecular weight is 243 g/mol. The Morgan fingerprint density at radius 3 is 3.00 bits per heavy atom. The molecule has 92 valence electrons. The number of carbonyl (C=O) groups is 1. The molecule has 2 aromatic rings. The second kappa shape index (κ2) is 4.60. The molecule has 0 atom stereocenters. The van der Waals surface area contributed by atoms with Gasteiger partial charge in [0, 0.05) is 18.6 Å². The van der Waals surface area contributed by atoms with E-state index < -0.39 is 0 Å². The second-order valence-corrected chi connectivity index (χ2v) is 4.35. The van der Waals surface area contributed by atoms with Gasteiger partial charge in [-0.2, -0.15) is 10.1 Å². The zero-order valence-corrected chi connectivity index (χ0v) is 9.85. The molecule has 1 aliphatic rings. The summed E-state index contributed by atoms with van der Waals surface area (Å²) in [5, 5.41) is 4.19. The number of fused-ring (bicyclic) bond motifs is 1. The Morgan fingerprint density at radius 2 is 2.17 bits per heavy atom. The maximum absolute atomic E-state index is 11.3. The van der Waals surface area contributed by atoms with Gasteiger partial charge in [-0.25, -0.2) is 5.43 Å². The summed E-state index contributed by atoms with van der Waals surface area (Å²) in [6.45, 7) is 0. The molecule has 5 heteroatoms. The van der Waals surface area contributed by atoms with Gasteiger partial charge in [-0.1, -0.05) is 12.1 Å². The third kappa shape index (κ3) is 2.25. The summed E-state index contributed by atoms with van der Waals surface area (Å²) in [4.78, 5) is 15.5. The number of hydrazone groups is 1. The summed E-state index contributed by atoms with van der Waals surface area (Å²) in [5.74, 6) is 0.249. The molecule has 1 N–H and O–H groups in total. The van der Waals surface area contributed by atoms with Gasteiger partial charge in [-0.3, -0.25) is 4.79 Å². The number of hydrogen-bond donors (Lipinski definition) is 1. The molecule has 0 unspecified atom stereocenters. The van der Waals surface area contributed by atoms with Gasteiger partial charge in [0.2, 0.25) is 0 Å². The maximum atomic E-state index is 11.3. The molecule has 18 heavy (non-hydrogen) atoms. The minimum atomic E-state index is 0.249. The van der Waals surface area contributed by atoms with E-state index in [2.05, 4.69) is 15.5 Å². The van der Waals surface area contributed by atoms with Crippen molar-refractivity contribution in [2.24, 2.45) is 5.10 Å². The van der Waals surface area contributed by atoms with Crippen LogP contribution < -0.4 is 5.43 Å². The lowest BCUT2D eigenvalue weighted by Crippen LogP contribution is -2.15. The molecular formula is C13H13N3O2. The zero-order valence-electron chi connectivity index (χ0n) is 9.85. The summed E-state index contributed by atoms with van der Waals surface area (Å²) in [5.41, 5.74) is 5.17. The molecular weight excluding hydrogens is 230 g/mol. The number of oxazole rings is 1. The van der Waals surface area contributed by atoms with Gasteiger partial charge in [0.25, 0.3) is 0 Å². The lowest BCUT2D eigenvalue weighted by Gasteiger charge is -2.10. The third-order valence-corrected chi connectivity index (χ3v) is 2.93. The Labute approximate surface area is 104 Å². The Morgan fingerprint density at radius 1 is 1.28 bits per heavy atom. The van der Waals surface area contributed by atoms with Crippen LogP contribution in [0.3, 0.4) is 0 Å². The van der Waals surface area contributed by atoms with E-state index in [1.54, 1.807) is 0 Å². The fourth-order valence-corrected chi connectivity index (χ4v) is 2.04. The monoisotopic (exact) mass is 243 g/mol. The number of carbonyl (C=O) groups excluding carboxylic acids is 1. The first-order chi connectivity index (χ1) is 8.81. The van der Waals surface area contributed by atoms with Crippen LogP contribution in [0.1, 0.15) is 25.7 Å². The molecule has 1 fully saturated rings. The Bertz CT molecular complexity index is 582. The lowest BCUT2D eigenvalue weighted by atomic mass is 9.97. The number of rotatable bonds is 2. The highest BCUT2D eigenvalue weighted by Gasteiger charge is 2.14. The molecule has 1 saturated carbocycles. The van der Waals surface area contributed by atoms with Crippen LogP contribution in [0.15, 0.2) is 33.8 Å². The molecule has 0 radical (unpaired) electrons. The van der Waals surface area contributed by atoms with Crippen molar-refractivity contribution in [3.8, 4) is 0 Å². The highest BCUT2D eigenvalue weighted by Crippen LogP contribution is 2.18. The largest absolute Gasteiger partial charge is 0.422 e. The molecule has 1 heterocycles. The van der Waals surface area contributed by atoms with Gasteiger partial charge in [-0.15, -0.1) is 0 Å². The number of aromatic nitrogens is 1. The van der Waals surface area contributed by atoms with E-state index in [1.807, 2.05) is 24.3 Å². The minimum absolute atomic E-state index is 0.249. The van der Waals surface area contributed by atoms with Crippen LogP contribution in [-0.2, 0) is 4.79 Å². The van der Waals surface area contributed by atoms with E-state index >= 15 is 0 Å². The number of benzene rings is 1. The molecule has 3 rings (SSSR count). The molecule has 1 aliphatic carbocycles. The van der Waals surface area contributed by atoms with Gasteiger partial charge in [0.1, 0.15) is 11.3 Å². The molecule has 0 bridgehead atoms. The lowest BCUT2D eigenvalue weighted by molar-refractivity contribution is -0.118. The molecule has 1 aromatic heterocycles. The molecule has 0 saturated heterocycles. The molecule has 0 spiro atoms. The van der Waals surface area contributed by atoms with E-state index in [9.17, 15) is 4.79 Å². The first-order valence-electron chi connectivity index (χ1n) is 6.00. The molecule has 0 amide bonds. The van der Waals surface area contributed by atoms with Crippen LogP contribution in [0.2, 0.25) is 0 Å². The highest BCUT2D eigenvalue weighted by atomic mass is 16.4. The van der Waals surface area contributed by atoms with Gasteiger partial charge in [-0.05, 0) is 25.0 Å². The van der Waals surface area contributed by atoms with E-state index in [0.29, 0.717) is 18.9 Å². The Balaban J connectivity index is 1.76. The quantitative estimate of drug-likeness (QED) is 0.823. The Kier molecular flexibility index (Phi) is 2.80. The van der Waals surface area contributed by atoms with Crippen molar-refractivity contribution in [1.29, 1.82) is 0 Å². The topological polar surface area (TPSA) is 67.5 Å². The fraction of sp³-hybridized carbons (Fsp3) is 0.308. The number of hydrogen-bond acceptors (Lipinski definition) is 5. The van der Waals surface area contributed by atoms with Crippen LogP contribution >= 0.6 is 0 Å². The predicted molar refractivity (Wildman–Crippen MR) is 68.5 cm³/mol. The van der Waals surface area contributed by atoms with Crippen LogP contribution in [0.5, 0.6) is 0 Å². The van der Waals surface area contributed by atoms with Gasteiger partial charge in [0.05, 0.1) is 0 Å².